The normalized spacial score (nSPS) is 13.9. The van der Waals surface area contributed by atoms with E-state index in [9.17, 15) is 4.79 Å². The van der Waals surface area contributed by atoms with E-state index in [1.165, 1.54) is 7.11 Å². The second-order valence-electron chi connectivity index (χ2n) is 3.49. The van der Waals surface area contributed by atoms with Crippen LogP contribution in [-0.4, -0.2) is 35.0 Å². The van der Waals surface area contributed by atoms with Gasteiger partial charge in [0, 0.05) is 17.0 Å². The first-order chi connectivity index (χ1) is 5.87. The van der Waals surface area contributed by atoms with Crippen molar-refractivity contribution in [3.8, 4) is 0 Å². The highest BCUT2D eigenvalue weighted by atomic mass is 79.9. The van der Waals surface area contributed by atoms with Crippen molar-refractivity contribution in [2.75, 3.05) is 18.6 Å². The Labute approximate surface area is 91.9 Å². The van der Waals surface area contributed by atoms with Crippen LogP contribution in [0.25, 0.3) is 0 Å². The summed E-state index contributed by atoms with van der Waals surface area (Å²) in [7, 11) is 1.38. The van der Waals surface area contributed by atoms with Gasteiger partial charge in [-0.05, 0) is 13.8 Å². The molecule has 2 N–H and O–H groups in total. The van der Waals surface area contributed by atoms with Gasteiger partial charge in [-0.2, -0.15) is 11.8 Å². The van der Waals surface area contributed by atoms with Crippen LogP contribution < -0.4 is 5.73 Å². The molecule has 78 valence electrons. The van der Waals surface area contributed by atoms with Crippen LogP contribution in [0, 0.1) is 0 Å². The largest absolute Gasteiger partial charge is 0.468 e. The van der Waals surface area contributed by atoms with E-state index in [4.69, 9.17) is 5.73 Å². The summed E-state index contributed by atoms with van der Waals surface area (Å²) in [6.07, 6.45) is 0. The van der Waals surface area contributed by atoms with Gasteiger partial charge in [0.05, 0.1) is 7.11 Å². The zero-order chi connectivity index (χ0) is 10.5. The molecule has 0 aromatic carbocycles. The van der Waals surface area contributed by atoms with Crippen molar-refractivity contribution >= 4 is 33.7 Å². The molecule has 1 unspecified atom stereocenters. The van der Waals surface area contributed by atoms with Gasteiger partial charge >= 0.3 is 5.97 Å². The van der Waals surface area contributed by atoms with Crippen LogP contribution >= 0.6 is 27.7 Å². The number of ether oxygens (including phenoxy) is 1. The van der Waals surface area contributed by atoms with E-state index in [0.29, 0.717) is 5.75 Å². The molecule has 0 rings (SSSR count). The van der Waals surface area contributed by atoms with Crippen LogP contribution in [0.5, 0.6) is 0 Å². The third-order valence-electron chi connectivity index (χ3n) is 1.20. The molecule has 0 saturated heterocycles. The molecule has 0 aliphatic heterocycles. The average molecular weight is 270 g/mol. The number of thioether (sulfide) groups is 1. The van der Waals surface area contributed by atoms with Gasteiger partial charge in [0.15, 0.2) is 0 Å². The van der Waals surface area contributed by atoms with Gasteiger partial charge in [0.1, 0.15) is 4.83 Å². The minimum atomic E-state index is -0.234. The second-order valence-corrected chi connectivity index (χ2v) is 5.63. The number of hydrogen-bond acceptors (Lipinski definition) is 4. The summed E-state index contributed by atoms with van der Waals surface area (Å²) in [5.41, 5.74) is 5.59. The fourth-order valence-corrected chi connectivity index (χ4v) is 2.36. The van der Waals surface area contributed by atoms with E-state index in [-0.39, 0.29) is 16.3 Å². The Morgan fingerprint density at radius 1 is 1.69 bits per heavy atom. The molecule has 0 aliphatic carbocycles. The lowest BCUT2D eigenvalue weighted by molar-refractivity contribution is -0.139. The number of esters is 1. The number of carbonyl (C=O) groups is 1. The predicted octanol–water partition coefficient (Wildman–Crippen LogP) is 1.39. The third kappa shape index (κ3) is 7.34. The van der Waals surface area contributed by atoms with Gasteiger partial charge in [-0.1, -0.05) is 15.9 Å². The van der Waals surface area contributed by atoms with Crippen molar-refractivity contribution in [1.82, 2.24) is 0 Å². The molecule has 0 spiro atoms. The maximum absolute atomic E-state index is 11.0. The molecular weight excluding hydrogens is 254 g/mol. The molecule has 5 heteroatoms. The van der Waals surface area contributed by atoms with E-state index in [1.54, 1.807) is 11.8 Å². The molecule has 0 aliphatic rings. The topological polar surface area (TPSA) is 52.3 Å². The molecule has 0 aromatic rings. The Kier molecular flexibility index (Phi) is 6.00. The summed E-state index contributed by atoms with van der Waals surface area (Å²) in [5.74, 6) is 1.28. The van der Waals surface area contributed by atoms with Gasteiger partial charge in [-0.15, -0.1) is 0 Å². The Morgan fingerprint density at radius 3 is 2.62 bits per heavy atom. The standard InChI is InChI=1S/C8H16BrNO2S/c1-8(2,10)5-13-4-6(9)7(11)12-3/h6H,4-5,10H2,1-3H3. The fourth-order valence-electron chi connectivity index (χ4n) is 0.621. The summed E-state index contributed by atoms with van der Waals surface area (Å²) in [6.45, 7) is 3.92. The number of nitrogens with two attached hydrogens (primary N) is 1. The van der Waals surface area contributed by atoms with E-state index in [2.05, 4.69) is 20.7 Å². The highest BCUT2D eigenvalue weighted by Gasteiger charge is 2.17. The van der Waals surface area contributed by atoms with Crippen molar-refractivity contribution in [2.45, 2.75) is 24.2 Å². The van der Waals surface area contributed by atoms with Crippen LogP contribution in [-0.2, 0) is 9.53 Å². The van der Waals surface area contributed by atoms with E-state index in [1.807, 2.05) is 13.8 Å². The van der Waals surface area contributed by atoms with Gasteiger partial charge in [-0.25, -0.2) is 0 Å². The minimum absolute atomic E-state index is 0.187. The molecule has 3 nitrogen and oxygen atoms in total. The molecule has 0 radical (unpaired) electrons. The zero-order valence-corrected chi connectivity index (χ0v) is 10.6. The Morgan fingerprint density at radius 2 is 2.23 bits per heavy atom. The SMILES string of the molecule is COC(=O)C(Br)CSCC(C)(C)N. The Bertz CT molecular complexity index is 170. The first kappa shape index (κ1) is 13.3. The molecule has 1 atom stereocenters. The first-order valence-corrected chi connectivity index (χ1v) is 6.02. The number of halogens is 1. The molecule has 0 aromatic heterocycles. The molecule has 0 fully saturated rings. The maximum Gasteiger partial charge on any atom is 0.320 e. The molecular formula is C8H16BrNO2S. The summed E-state index contributed by atoms with van der Waals surface area (Å²) in [6, 6.07) is 0. The van der Waals surface area contributed by atoms with Crippen LogP contribution in [0.1, 0.15) is 13.8 Å². The molecule has 13 heavy (non-hydrogen) atoms. The summed E-state index contributed by atoms with van der Waals surface area (Å²) in [4.78, 5) is 10.7. The Hall–Kier alpha value is 0.260. The van der Waals surface area contributed by atoms with Crippen LogP contribution in [0.15, 0.2) is 0 Å². The monoisotopic (exact) mass is 269 g/mol. The van der Waals surface area contributed by atoms with Crippen molar-refractivity contribution < 1.29 is 9.53 Å². The van der Waals surface area contributed by atoms with Crippen LogP contribution in [0.2, 0.25) is 0 Å². The van der Waals surface area contributed by atoms with Crippen molar-refractivity contribution in [1.29, 1.82) is 0 Å². The van der Waals surface area contributed by atoms with Crippen molar-refractivity contribution in [2.24, 2.45) is 5.73 Å². The number of methoxy groups -OCH3 is 1. The maximum atomic E-state index is 11.0. The minimum Gasteiger partial charge on any atom is -0.468 e. The number of carbonyl (C=O) groups excluding carboxylic acids is 1. The van der Waals surface area contributed by atoms with E-state index in [0.717, 1.165) is 5.75 Å². The molecule has 0 amide bonds. The van der Waals surface area contributed by atoms with Crippen molar-refractivity contribution in [3.63, 3.8) is 0 Å². The number of hydrogen-bond donors (Lipinski definition) is 1. The summed E-state index contributed by atoms with van der Waals surface area (Å²) < 4.78 is 4.56. The van der Waals surface area contributed by atoms with E-state index >= 15 is 0 Å². The first-order valence-electron chi connectivity index (χ1n) is 3.95. The lowest BCUT2D eigenvalue weighted by atomic mass is 10.1. The predicted molar refractivity (Wildman–Crippen MR) is 60.3 cm³/mol. The van der Waals surface area contributed by atoms with Crippen LogP contribution in [0.4, 0.5) is 0 Å². The summed E-state index contributed by atoms with van der Waals surface area (Å²) in [5, 5.41) is 0. The molecule has 0 bridgehead atoms. The van der Waals surface area contributed by atoms with Gasteiger partial charge in [0.2, 0.25) is 0 Å². The second kappa shape index (κ2) is 5.88. The molecule has 0 heterocycles. The lowest BCUT2D eigenvalue weighted by Gasteiger charge is -2.18. The smallest absolute Gasteiger partial charge is 0.320 e. The molecule has 0 saturated carbocycles. The summed E-state index contributed by atoms with van der Waals surface area (Å²) >= 11 is 4.87. The Balaban J connectivity index is 3.59. The van der Waals surface area contributed by atoms with Gasteiger partial charge < -0.3 is 10.5 Å². The third-order valence-corrected chi connectivity index (χ3v) is 3.84. The van der Waals surface area contributed by atoms with E-state index < -0.39 is 0 Å². The quantitative estimate of drug-likeness (QED) is 0.606. The highest BCUT2D eigenvalue weighted by Crippen LogP contribution is 2.15. The lowest BCUT2D eigenvalue weighted by Crippen LogP contribution is -2.35. The number of alkyl halides is 1. The highest BCUT2D eigenvalue weighted by molar-refractivity contribution is 9.10. The fraction of sp³-hybridized carbons (Fsp3) is 0.875. The van der Waals surface area contributed by atoms with Gasteiger partial charge in [0.25, 0.3) is 0 Å². The van der Waals surface area contributed by atoms with Gasteiger partial charge in [-0.3, -0.25) is 4.79 Å². The average Bonchev–Trinajstić information content (AvgIpc) is 2.00. The zero-order valence-electron chi connectivity index (χ0n) is 8.17. The number of rotatable bonds is 5. The van der Waals surface area contributed by atoms with Crippen molar-refractivity contribution in [3.05, 3.63) is 0 Å². The van der Waals surface area contributed by atoms with Crippen LogP contribution in [0.3, 0.4) is 0 Å².